The van der Waals surface area contributed by atoms with Crippen LogP contribution < -0.4 is 0 Å². The molecule has 4 heteroatoms. The predicted octanol–water partition coefficient (Wildman–Crippen LogP) is 5.23. The molecule has 1 aromatic heterocycles. The predicted molar refractivity (Wildman–Crippen MR) is 109 cm³/mol. The van der Waals surface area contributed by atoms with Gasteiger partial charge < -0.3 is 10.1 Å². The fourth-order valence-electron chi connectivity index (χ4n) is 4.41. The summed E-state index contributed by atoms with van der Waals surface area (Å²) in [6.45, 7) is 9.45. The number of nitrogens with zero attached hydrogens (tertiary/aromatic N) is 1. The second kappa shape index (κ2) is 8.11. The van der Waals surface area contributed by atoms with Crippen molar-refractivity contribution in [1.29, 1.82) is 0 Å². The summed E-state index contributed by atoms with van der Waals surface area (Å²) in [5.74, 6) is 0. The third-order valence-corrected chi connectivity index (χ3v) is 5.39. The molecule has 3 nitrogen and oxygen atoms in total. The zero-order valence-electron chi connectivity index (χ0n) is 16.0. The molecule has 140 valence electrons. The van der Waals surface area contributed by atoms with E-state index >= 15 is 0 Å². The first-order valence-electron chi connectivity index (χ1n) is 9.48. The summed E-state index contributed by atoms with van der Waals surface area (Å²) < 4.78 is 0. The number of aliphatic hydroxyl groups is 1. The maximum absolute atomic E-state index is 10.3. The van der Waals surface area contributed by atoms with E-state index in [1.165, 1.54) is 41.4 Å². The van der Waals surface area contributed by atoms with Crippen molar-refractivity contribution in [3.8, 4) is 0 Å². The largest absolute Gasteiger partial charge is 0.390 e. The van der Waals surface area contributed by atoms with E-state index < -0.39 is 5.60 Å². The van der Waals surface area contributed by atoms with Crippen molar-refractivity contribution in [2.45, 2.75) is 77.5 Å². The molecule has 1 aromatic carbocycles. The van der Waals surface area contributed by atoms with Crippen LogP contribution in [-0.4, -0.2) is 33.2 Å². The highest BCUT2D eigenvalue weighted by Crippen LogP contribution is 2.39. The third kappa shape index (κ3) is 4.39. The van der Waals surface area contributed by atoms with Crippen molar-refractivity contribution >= 4 is 23.3 Å². The van der Waals surface area contributed by atoms with E-state index in [1.807, 2.05) is 13.8 Å². The number of halogens is 1. The molecule has 0 amide bonds. The Kier molecular flexibility index (Phi) is 6.58. The van der Waals surface area contributed by atoms with Gasteiger partial charge in [-0.15, -0.1) is 12.4 Å². The number of fused-ring (bicyclic) bond motifs is 3. The number of H-pyrrole nitrogens is 1. The number of rotatable bonds is 6. The highest BCUT2D eigenvalue weighted by Gasteiger charge is 2.34. The van der Waals surface area contributed by atoms with E-state index in [1.54, 1.807) is 0 Å². The van der Waals surface area contributed by atoms with Gasteiger partial charge in [0.05, 0.1) is 11.6 Å². The smallest absolute Gasteiger partial charge is 0.0606 e. The number of aromatic nitrogens is 1. The summed E-state index contributed by atoms with van der Waals surface area (Å²) in [6, 6.07) is 9.51. The molecule has 1 aliphatic rings. The summed E-state index contributed by atoms with van der Waals surface area (Å²) in [7, 11) is 0. The van der Waals surface area contributed by atoms with Crippen LogP contribution in [0.25, 0.3) is 10.9 Å². The molecule has 2 heterocycles. The molecule has 0 bridgehead atoms. The molecule has 0 saturated heterocycles. The van der Waals surface area contributed by atoms with Crippen LogP contribution in [0.5, 0.6) is 0 Å². The van der Waals surface area contributed by atoms with E-state index in [9.17, 15) is 5.11 Å². The lowest BCUT2D eigenvalue weighted by Gasteiger charge is -2.41. The van der Waals surface area contributed by atoms with Crippen LogP contribution in [0.15, 0.2) is 24.3 Å². The van der Waals surface area contributed by atoms with E-state index in [0.717, 1.165) is 19.4 Å². The molecule has 0 radical (unpaired) electrons. The maximum atomic E-state index is 10.3. The molecule has 2 unspecified atom stereocenters. The number of para-hydroxylation sites is 1. The van der Waals surface area contributed by atoms with Gasteiger partial charge in [0.15, 0.2) is 0 Å². The molecule has 0 aliphatic carbocycles. The molecular formula is C21H33ClN2O. The average Bonchev–Trinajstić information content (AvgIpc) is 2.89. The standard InChI is InChI=1S/C21H32N2O.ClH/c1-5-6-11-19-20-17(16-9-7-8-10-18(16)22-20)12-13-23(19)15(2)14-21(3,4)24;/h7-10,15,19,22,24H,5-6,11-14H2,1-4H3;1H. The van der Waals surface area contributed by atoms with Crippen LogP contribution in [0.1, 0.15) is 70.7 Å². The van der Waals surface area contributed by atoms with E-state index in [4.69, 9.17) is 0 Å². The van der Waals surface area contributed by atoms with E-state index in [0.29, 0.717) is 12.1 Å². The van der Waals surface area contributed by atoms with Gasteiger partial charge in [-0.25, -0.2) is 0 Å². The van der Waals surface area contributed by atoms with Crippen LogP contribution in [0.4, 0.5) is 0 Å². The third-order valence-electron chi connectivity index (χ3n) is 5.39. The molecule has 0 fully saturated rings. The van der Waals surface area contributed by atoms with Crippen molar-refractivity contribution in [3.05, 3.63) is 35.5 Å². The number of aromatic amines is 1. The average molecular weight is 365 g/mol. The fourth-order valence-corrected chi connectivity index (χ4v) is 4.41. The van der Waals surface area contributed by atoms with Gasteiger partial charge in [-0.2, -0.15) is 0 Å². The molecule has 25 heavy (non-hydrogen) atoms. The lowest BCUT2D eigenvalue weighted by molar-refractivity contribution is 0.0206. The van der Waals surface area contributed by atoms with Gasteiger partial charge >= 0.3 is 0 Å². The fraction of sp³-hybridized carbons (Fsp3) is 0.619. The zero-order chi connectivity index (χ0) is 17.3. The van der Waals surface area contributed by atoms with Crippen LogP contribution in [0.3, 0.4) is 0 Å². The Hall–Kier alpha value is -1.03. The number of nitrogens with one attached hydrogen (secondary N) is 1. The highest BCUT2D eigenvalue weighted by molar-refractivity contribution is 5.85. The lowest BCUT2D eigenvalue weighted by atomic mass is 9.90. The van der Waals surface area contributed by atoms with Crippen LogP contribution in [0.2, 0.25) is 0 Å². The van der Waals surface area contributed by atoms with Gasteiger partial charge in [0.25, 0.3) is 0 Å². The molecule has 1 aliphatic heterocycles. The number of benzene rings is 1. The van der Waals surface area contributed by atoms with Crippen molar-refractivity contribution < 1.29 is 5.11 Å². The van der Waals surface area contributed by atoms with Crippen LogP contribution in [0, 0.1) is 0 Å². The Morgan fingerprint density at radius 2 is 2.04 bits per heavy atom. The zero-order valence-corrected chi connectivity index (χ0v) is 16.8. The van der Waals surface area contributed by atoms with Crippen molar-refractivity contribution in [2.75, 3.05) is 6.54 Å². The lowest BCUT2D eigenvalue weighted by Crippen LogP contribution is -2.44. The van der Waals surface area contributed by atoms with Gasteiger partial charge in [-0.1, -0.05) is 38.0 Å². The summed E-state index contributed by atoms with van der Waals surface area (Å²) in [6.07, 6.45) is 5.56. The molecular weight excluding hydrogens is 332 g/mol. The normalized spacial score (nSPS) is 19.5. The Morgan fingerprint density at radius 1 is 1.32 bits per heavy atom. The monoisotopic (exact) mass is 364 g/mol. The molecule has 0 saturated carbocycles. The molecule has 2 atom stereocenters. The first-order chi connectivity index (χ1) is 11.4. The summed E-state index contributed by atoms with van der Waals surface area (Å²) in [5, 5.41) is 11.6. The minimum absolute atomic E-state index is 0. The summed E-state index contributed by atoms with van der Waals surface area (Å²) in [5.41, 5.74) is 3.58. The quantitative estimate of drug-likeness (QED) is 0.736. The second-order valence-corrected chi connectivity index (χ2v) is 8.07. The Bertz CT molecular complexity index is 689. The maximum Gasteiger partial charge on any atom is 0.0606 e. The van der Waals surface area contributed by atoms with E-state index in [2.05, 4.69) is 48.0 Å². The van der Waals surface area contributed by atoms with Gasteiger partial charge in [0.2, 0.25) is 0 Å². The van der Waals surface area contributed by atoms with Crippen LogP contribution in [-0.2, 0) is 6.42 Å². The highest BCUT2D eigenvalue weighted by atomic mass is 35.5. The number of hydrogen-bond donors (Lipinski definition) is 2. The van der Waals surface area contributed by atoms with Crippen LogP contribution >= 0.6 is 12.4 Å². The Labute approximate surface area is 158 Å². The van der Waals surface area contributed by atoms with Gasteiger partial charge in [-0.05, 0) is 51.7 Å². The topological polar surface area (TPSA) is 39.3 Å². The minimum atomic E-state index is -0.616. The SMILES string of the molecule is CCCCC1c2[nH]c3ccccc3c2CCN1C(C)CC(C)(C)O.Cl. The molecule has 3 rings (SSSR count). The Morgan fingerprint density at radius 3 is 2.72 bits per heavy atom. The molecule has 0 spiro atoms. The van der Waals surface area contributed by atoms with Crippen molar-refractivity contribution in [3.63, 3.8) is 0 Å². The van der Waals surface area contributed by atoms with Crippen molar-refractivity contribution in [1.82, 2.24) is 9.88 Å². The van der Waals surface area contributed by atoms with E-state index in [-0.39, 0.29) is 12.4 Å². The van der Waals surface area contributed by atoms with Gasteiger partial charge in [-0.3, -0.25) is 4.90 Å². The van der Waals surface area contributed by atoms with Crippen molar-refractivity contribution in [2.24, 2.45) is 0 Å². The summed E-state index contributed by atoms with van der Waals surface area (Å²) in [4.78, 5) is 6.33. The summed E-state index contributed by atoms with van der Waals surface area (Å²) >= 11 is 0. The minimum Gasteiger partial charge on any atom is -0.390 e. The van der Waals surface area contributed by atoms with Gasteiger partial charge in [0, 0.05) is 29.2 Å². The molecule has 2 aromatic rings. The first-order valence-corrected chi connectivity index (χ1v) is 9.48. The first kappa shape index (κ1) is 20.3. The molecule has 2 N–H and O–H groups in total. The number of hydrogen-bond acceptors (Lipinski definition) is 2. The second-order valence-electron chi connectivity index (χ2n) is 8.07. The Balaban J connectivity index is 0.00000225. The number of unbranched alkanes of at least 4 members (excludes halogenated alkanes) is 1. The van der Waals surface area contributed by atoms with Gasteiger partial charge in [0.1, 0.15) is 0 Å².